The van der Waals surface area contributed by atoms with E-state index >= 15 is 0 Å². The summed E-state index contributed by atoms with van der Waals surface area (Å²) in [5, 5.41) is 7.90. The molecule has 0 spiro atoms. The highest BCUT2D eigenvalue weighted by Gasteiger charge is 2.19. The van der Waals surface area contributed by atoms with Crippen LogP contribution in [0.25, 0.3) is 11.1 Å². The lowest BCUT2D eigenvalue weighted by Crippen LogP contribution is -2.34. The maximum atomic E-state index is 12.6. The van der Waals surface area contributed by atoms with Crippen LogP contribution in [0.5, 0.6) is 11.5 Å². The van der Waals surface area contributed by atoms with Gasteiger partial charge in [0.05, 0.1) is 14.2 Å². The van der Waals surface area contributed by atoms with Gasteiger partial charge in [0.25, 0.3) is 5.91 Å². The number of hydrogen-bond acceptors (Lipinski definition) is 7. The number of carbonyl (C=O) groups excluding carboxylic acids is 2. The van der Waals surface area contributed by atoms with E-state index in [4.69, 9.17) is 26.1 Å². The van der Waals surface area contributed by atoms with Crippen LogP contribution >= 0.6 is 12.2 Å². The van der Waals surface area contributed by atoms with Crippen LogP contribution in [-0.2, 0) is 4.79 Å². The van der Waals surface area contributed by atoms with Crippen LogP contribution in [-0.4, -0.2) is 36.1 Å². The van der Waals surface area contributed by atoms with Gasteiger partial charge in [-0.2, -0.15) is 4.98 Å². The molecule has 0 radical (unpaired) electrons. The zero-order valence-electron chi connectivity index (χ0n) is 15.9. The van der Waals surface area contributed by atoms with Crippen molar-refractivity contribution in [3.8, 4) is 11.5 Å². The molecule has 2 aromatic carbocycles. The molecule has 3 N–H and O–H groups in total. The molecule has 0 aliphatic carbocycles. The predicted octanol–water partition coefficient (Wildman–Crippen LogP) is 2.93. The van der Waals surface area contributed by atoms with Gasteiger partial charge in [-0.3, -0.25) is 20.2 Å². The Labute approximate surface area is 171 Å². The summed E-state index contributed by atoms with van der Waals surface area (Å²) in [6, 6.07) is 10.1. The molecular weight excluding hydrogens is 396 g/mol. The van der Waals surface area contributed by atoms with Gasteiger partial charge in [0.15, 0.2) is 10.7 Å². The van der Waals surface area contributed by atoms with E-state index in [0.29, 0.717) is 28.3 Å². The summed E-state index contributed by atoms with van der Waals surface area (Å²) in [5.41, 5.74) is 1.78. The van der Waals surface area contributed by atoms with Gasteiger partial charge in [-0.1, -0.05) is 6.07 Å². The molecule has 10 heteroatoms. The van der Waals surface area contributed by atoms with Crippen molar-refractivity contribution >= 4 is 51.9 Å². The number of thiocarbonyl (C=S) groups is 1. The van der Waals surface area contributed by atoms with E-state index in [1.807, 2.05) is 0 Å². The number of benzene rings is 2. The molecule has 0 saturated carbocycles. The first-order valence-corrected chi connectivity index (χ1v) is 8.83. The normalized spacial score (nSPS) is 10.3. The summed E-state index contributed by atoms with van der Waals surface area (Å²) in [6.45, 7) is 1.41. The third-order valence-electron chi connectivity index (χ3n) is 3.81. The van der Waals surface area contributed by atoms with Crippen molar-refractivity contribution in [1.29, 1.82) is 0 Å². The van der Waals surface area contributed by atoms with E-state index in [1.54, 1.807) is 36.4 Å². The number of nitrogens with one attached hydrogen (secondary N) is 3. The number of ether oxygens (including phenoxy) is 2. The van der Waals surface area contributed by atoms with Gasteiger partial charge in [-0.25, -0.2) is 0 Å². The molecule has 0 unspecified atom stereocenters. The summed E-state index contributed by atoms with van der Waals surface area (Å²) in [7, 11) is 2.91. The molecule has 0 fully saturated rings. The van der Waals surface area contributed by atoms with Crippen molar-refractivity contribution in [2.75, 3.05) is 24.9 Å². The zero-order valence-corrected chi connectivity index (χ0v) is 16.7. The summed E-state index contributed by atoms with van der Waals surface area (Å²) in [6.07, 6.45) is 0. The number of methoxy groups -OCH3 is 2. The molecule has 0 aliphatic heterocycles. The third kappa shape index (κ3) is 4.61. The highest BCUT2D eigenvalue weighted by Crippen LogP contribution is 2.28. The molecule has 1 aromatic heterocycles. The SMILES string of the molecule is COc1cccc(OC)c1C(=O)NC(=S)Nc1nc2ccc(NC(C)=O)cc2o1. The molecule has 1 heterocycles. The first-order chi connectivity index (χ1) is 13.9. The Kier molecular flexibility index (Phi) is 5.93. The van der Waals surface area contributed by atoms with E-state index in [1.165, 1.54) is 21.1 Å². The van der Waals surface area contributed by atoms with E-state index in [-0.39, 0.29) is 22.6 Å². The standard InChI is InChI=1S/C19H18N4O5S/c1-10(24)20-11-7-8-12-15(9-11)28-18(21-12)23-19(29)22-17(25)16-13(26-2)5-4-6-14(16)27-3/h4-9H,1-3H3,(H,20,24)(H2,21,22,23,25,29). The molecule has 29 heavy (non-hydrogen) atoms. The number of oxazole rings is 1. The number of anilines is 2. The molecular formula is C19H18N4O5S. The fourth-order valence-electron chi connectivity index (χ4n) is 2.63. The van der Waals surface area contributed by atoms with Crippen LogP contribution < -0.4 is 25.4 Å². The molecule has 0 aliphatic rings. The topological polar surface area (TPSA) is 115 Å². The Hall–Kier alpha value is -3.66. The van der Waals surface area contributed by atoms with Crippen molar-refractivity contribution in [3.05, 3.63) is 42.0 Å². The Morgan fingerprint density at radius 3 is 2.38 bits per heavy atom. The fraction of sp³-hybridized carbons (Fsp3) is 0.158. The largest absolute Gasteiger partial charge is 0.496 e. The minimum atomic E-state index is -0.513. The van der Waals surface area contributed by atoms with Gasteiger partial charge < -0.3 is 19.2 Å². The van der Waals surface area contributed by atoms with Crippen LogP contribution in [0.1, 0.15) is 17.3 Å². The second-order valence-corrected chi connectivity index (χ2v) is 6.24. The quantitative estimate of drug-likeness (QED) is 0.546. The van der Waals surface area contributed by atoms with Gasteiger partial charge in [0, 0.05) is 18.7 Å². The molecule has 0 saturated heterocycles. The smallest absolute Gasteiger partial charge is 0.302 e. The van der Waals surface area contributed by atoms with E-state index in [0.717, 1.165) is 0 Å². The van der Waals surface area contributed by atoms with Gasteiger partial charge in [0.2, 0.25) is 5.91 Å². The van der Waals surface area contributed by atoms with Crippen LogP contribution in [0.15, 0.2) is 40.8 Å². The lowest BCUT2D eigenvalue weighted by molar-refractivity contribution is -0.114. The highest BCUT2D eigenvalue weighted by molar-refractivity contribution is 7.80. The minimum absolute atomic E-state index is 0.0170. The average molecular weight is 414 g/mol. The maximum absolute atomic E-state index is 12.6. The van der Waals surface area contributed by atoms with Crippen LogP contribution in [0.4, 0.5) is 11.7 Å². The molecule has 3 rings (SSSR count). The monoisotopic (exact) mass is 414 g/mol. The van der Waals surface area contributed by atoms with Crippen molar-refractivity contribution in [2.24, 2.45) is 0 Å². The molecule has 150 valence electrons. The third-order valence-corrected chi connectivity index (χ3v) is 4.02. The van der Waals surface area contributed by atoms with Crippen molar-refractivity contribution < 1.29 is 23.5 Å². The Balaban J connectivity index is 1.74. The van der Waals surface area contributed by atoms with Gasteiger partial charge in [0.1, 0.15) is 22.6 Å². The molecule has 3 aromatic rings. The minimum Gasteiger partial charge on any atom is -0.496 e. The van der Waals surface area contributed by atoms with Crippen molar-refractivity contribution in [1.82, 2.24) is 10.3 Å². The lowest BCUT2D eigenvalue weighted by Gasteiger charge is -2.13. The average Bonchev–Trinajstić information content (AvgIpc) is 3.07. The molecule has 0 atom stereocenters. The van der Waals surface area contributed by atoms with Crippen molar-refractivity contribution in [3.63, 3.8) is 0 Å². The molecule has 9 nitrogen and oxygen atoms in total. The van der Waals surface area contributed by atoms with E-state index in [2.05, 4.69) is 20.9 Å². The summed E-state index contributed by atoms with van der Waals surface area (Å²) >= 11 is 5.18. The summed E-state index contributed by atoms with van der Waals surface area (Å²) in [5.74, 6) is -0.0206. The second-order valence-electron chi connectivity index (χ2n) is 5.83. The molecule has 2 amide bonds. The van der Waals surface area contributed by atoms with Crippen LogP contribution in [0, 0.1) is 0 Å². The highest BCUT2D eigenvalue weighted by atomic mass is 32.1. The number of aromatic nitrogens is 1. The summed E-state index contributed by atoms with van der Waals surface area (Å²) in [4.78, 5) is 28.0. The van der Waals surface area contributed by atoms with Gasteiger partial charge in [-0.15, -0.1) is 0 Å². The number of fused-ring (bicyclic) bond motifs is 1. The number of nitrogens with zero attached hydrogens (tertiary/aromatic N) is 1. The van der Waals surface area contributed by atoms with Gasteiger partial charge >= 0.3 is 6.01 Å². The summed E-state index contributed by atoms with van der Waals surface area (Å²) < 4.78 is 16.0. The predicted molar refractivity (Wildman–Crippen MR) is 112 cm³/mol. The number of carbonyl (C=O) groups is 2. The van der Waals surface area contributed by atoms with E-state index in [9.17, 15) is 9.59 Å². The fourth-order valence-corrected chi connectivity index (χ4v) is 2.81. The zero-order chi connectivity index (χ0) is 21.0. The first kappa shape index (κ1) is 20.1. The number of hydrogen-bond donors (Lipinski definition) is 3. The number of amides is 2. The Morgan fingerprint density at radius 1 is 1.07 bits per heavy atom. The Bertz CT molecular complexity index is 1070. The second kappa shape index (κ2) is 8.57. The van der Waals surface area contributed by atoms with Gasteiger partial charge in [-0.05, 0) is 36.5 Å². The Morgan fingerprint density at radius 2 is 1.76 bits per heavy atom. The van der Waals surface area contributed by atoms with E-state index < -0.39 is 5.91 Å². The maximum Gasteiger partial charge on any atom is 0.302 e. The number of rotatable bonds is 5. The first-order valence-electron chi connectivity index (χ1n) is 8.42. The lowest BCUT2D eigenvalue weighted by atomic mass is 10.1. The van der Waals surface area contributed by atoms with Crippen LogP contribution in [0.2, 0.25) is 0 Å². The molecule has 0 bridgehead atoms. The van der Waals surface area contributed by atoms with Crippen LogP contribution in [0.3, 0.4) is 0 Å². The van der Waals surface area contributed by atoms with Crippen molar-refractivity contribution in [2.45, 2.75) is 6.92 Å².